The van der Waals surface area contributed by atoms with E-state index in [2.05, 4.69) is 14.2 Å². The summed E-state index contributed by atoms with van der Waals surface area (Å²) in [6, 6.07) is 0. The van der Waals surface area contributed by atoms with Gasteiger partial charge in [0.15, 0.2) is 19.8 Å². The molecule has 0 aliphatic rings. The molecule has 0 aromatic heterocycles. The monoisotopic (exact) mass is 1040 g/mol. The predicted molar refractivity (Wildman–Crippen MR) is 135 cm³/mol. The van der Waals surface area contributed by atoms with Crippen LogP contribution in [0.2, 0.25) is 0 Å². The predicted octanol–water partition coefficient (Wildman–Crippen LogP) is 10.0. The van der Waals surface area contributed by atoms with Crippen LogP contribution in [0.5, 0.6) is 0 Å². The molecule has 3 unspecified atom stereocenters. The standard InChI is InChI=1S/C26H12F30O9/c1-7(16(30,31)32)10(57)60-4-13(27,20(39,40)41)63-24(51,52)19(23(48,49)50,25(53,54)64-14(28,21(42,43)44)5-61-11(58)8(2)17(33,34)35)26(55,56)65-15(29,22(45,46)47)6-62-12(59)9(3)18(36,37)38/h1-6H2. The van der Waals surface area contributed by atoms with Crippen molar-refractivity contribution in [2.45, 2.75) is 79.1 Å². The summed E-state index contributed by atoms with van der Waals surface area (Å²) in [4.78, 5) is 34.0. The number of alkyl halides is 30. The van der Waals surface area contributed by atoms with Gasteiger partial charge >= 0.3 is 102 Å². The van der Waals surface area contributed by atoms with Gasteiger partial charge in [-0.2, -0.15) is 132 Å². The van der Waals surface area contributed by atoms with Crippen LogP contribution in [0.3, 0.4) is 0 Å². The maximum absolute atomic E-state index is 15.6. The SMILES string of the molecule is C=C(C(=O)OCC(F)(OC(F)(F)C(C(F)(F)F)(C(F)(F)OC(F)(COC(=O)C(=C)C(F)(F)F)C(F)(F)F)C(F)(F)OC(F)(COC(=O)C(=C)C(F)(F)F)C(F)(F)F)C(F)(F)F)C(F)(F)F. The van der Waals surface area contributed by atoms with Crippen molar-refractivity contribution in [1.82, 2.24) is 0 Å². The maximum Gasteiger partial charge on any atom is 0.452 e. The number of esters is 3. The quantitative estimate of drug-likeness (QED) is 0.0574. The van der Waals surface area contributed by atoms with E-state index < -0.39 is 139 Å². The lowest BCUT2D eigenvalue weighted by molar-refractivity contribution is -0.596. The molecule has 0 N–H and O–H groups in total. The summed E-state index contributed by atoms with van der Waals surface area (Å²) < 4.78 is 432. The van der Waals surface area contributed by atoms with Crippen molar-refractivity contribution in [1.29, 1.82) is 0 Å². The largest absolute Gasteiger partial charge is 0.456 e. The highest BCUT2D eigenvalue weighted by molar-refractivity contribution is 5.90. The lowest BCUT2D eigenvalue weighted by Crippen LogP contribution is -2.77. The van der Waals surface area contributed by atoms with Crippen molar-refractivity contribution in [3.63, 3.8) is 0 Å². The lowest BCUT2D eigenvalue weighted by atomic mass is 9.81. The molecule has 9 nitrogen and oxygen atoms in total. The molecule has 380 valence electrons. The summed E-state index contributed by atoms with van der Waals surface area (Å²) in [6.07, 6.45) is -81.0. The van der Waals surface area contributed by atoms with Crippen molar-refractivity contribution >= 4 is 17.9 Å². The van der Waals surface area contributed by atoms with Gasteiger partial charge in [0.05, 0.1) is 0 Å². The first kappa shape index (κ1) is 60.4. The molecule has 0 aromatic carbocycles. The van der Waals surface area contributed by atoms with E-state index in [1.807, 2.05) is 0 Å². The summed E-state index contributed by atoms with van der Waals surface area (Å²) in [5, 5.41) is 0. The Kier molecular flexibility index (Phi) is 16.6. The van der Waals surface area contributed by atoms with Crippen LogP contribution >= 0.6 is 0 Å². The first-order chi connectivity index (χ1) is 28.0. The van der Waals surface area contributed by atoms with E-state index >= 15 is 39.5 Å². The third-order valence-electron chi connectivity index (χ3n) is 6.81. The van der Waals surface area contributed by atoms with Crippen LogP contribution in [0.1, 0.15) is 0 Å². The first-order valence-electron chi connectivity index (χ1n) is 14.4. The average Bonchev–Trinajstić information content (AvgIpc) is 3.02. The fourth-order valence-electron chi connectivity index (χ4n) is 3.43. The Morgan fingerprint density at radius 2 is 0.477 bits per heavy atom. The minimum Gasteiger partial charge on any atom is -0.456 e. The summed E-state index contributed by atoms with van der Waals surface area (Å²) in [7, 11) is 0. The van der Waals surface area contributed by atoms with Gasteiger partial charge in [0.1, 0.15) is 16.7 Å². The van der Waals surface area contributed by atoms with E-state index in [0.29, 0.717) is 0 Å². The third kappa shape index (κ3) is 12.7. The minimum absolute atomic E-state index is 1.60. The molecule has 0 saturated heterocycles. The van der Waals surface area contributed by atoms with Crippen LogP contribution in [0.25, 0.3) is 0 Å². The molecule has 0 fully saturated rings. The minimum atomic E-state index is -9.95. The van der Waals surface area contributed by atoms with Gasteiger partial charge in [0.2, 0.25) is 0 Å². The molecule has 3 atom stereocenters. The Labute approximate surface area is 334 Å². The van der Waals surface area contributed by atoms with Crippen molar-refractivity contribution in [3.8, 4) is 0 Å². The Bertz CT molecular complexity index is 1600. The van der Waals surface area contributed by atoms with E-state index in [0.717, 1.165) is 0 Å². The number of hydrogen-bond donors (Lipinski definition) is 0. The average molecular weight is 1040 g/mol. The van der Waals surface area contributed by atoms with Gasteiger partial charge in [-0.1, -0.05) is 19.7 Å². The molecule has 0 spiro atoms. The summed E-state index contributed by atoms with van der Waals surface area (Å²) in [6.45, 7) is -8.10. The Hall–Kier alpha value is -4.59. The number of halogens is 30. The number of carbonyl (C=O) groups excluding carboxylic acids is 3. The van der Waals surface area contributed by atoms with Crippen molar-refractivity contribution in [2.24, 2.45) is 5.41 Å². The first-order valence-corrected chi connectivity index (χ1v) is 14.4. The zero-order valence-electron chi connectivity index (χ0n) is 29.3. The number of hydrogen-bond acceptors (Lipinski definition) is 9. The fraction of sp³-hybridized carbons (Fsp3) is 0.654. The molecular weight excluding hydrogens is 1030 g/mol. The van der Waals surface area contributed by atoms with Gasteiger partial charge in [0, 0.05) is 0 Å². The summed E-state index contributed by atoms with van der Waals surface area (Å²) in [5.41, 5.74) is -19.5. The highest BCUT2D eigenvalue weighted by Gasteiger charge is 2.97. The van der Waals surface area contributed by atoms with Gasteiger partial charge in [-0.05, 0) is 0 Å². The van der Waals surface area contributed by atoms with Crippen LogP contribution < -0.4 is 0 Å². The van der Waals surface area contributed by atoms with Crippen LogP contribution in [0, 0.1) is 5.41 Å². The van der Waals surface area contributed by atoms with Gasteiger partial charge < -0.3 is 14.2 Å². The van der Waals surface area contributed by atoms with Gasteiger partial charge in [-0.3, -0.25) is 14.2 Å². The van der Waals surface area contributed by atoms with Crippen LogP contribution in [-0.4, -0.2) is 117 Å². The number of rotatable bonds is 18. The molecule has 0 bridgehead atoms. The Balaban J connectivity index is 8.67. The fourth-order valence-corrected chi connectivity index (χ4v) is 3.43. The van der Waals surface area contributed by atoms with E-state index in [1.165, 1.54) is 0 Å². The van der Waals surface area contributed by atoms with Crippen LogP contribution in [0.4, 0.5) is 132 Å². The molecule has 0 aliphatic carbocycles. The van der Waals surface area contributed by atoms with Crippen molar-refractivity contribution in [2.75, 3.05) is 19.8 Å². The van der Waals surface area contributed by atoms with Gasteiger partial charge in [0.25, 0.3) is 0 Å². The van der Waals surface area contributed by atoms with E-state index in [1.54, 1.807) is 33.9 Å². The zero-order valence-corrected chi connectivity index (χ0v) is 29.3. The van der Waals surface area contributed by atoms with E-state index in [-0.39, 0.29) is 0 Å². The maximum atomic E-state index is 15.6. The van der Waals surface area contributed by atoms with Crippen molar-refractivity contribution < 1.29 is 175 Å². The highest BCUT2D eigenvalue weighted by atomic mass is 19.4. The second kappa shape index (κ2) is 17.9. The second-order valence-corrected chi connectivity index (χ2v) is 11.4. The molecule has 0 saturated carbocycles. The smallest absolute Gasteiger partial charge is 0.452 e. The molecule has 0 amide bonds. The zero-order chi connectivity index (χ0) is 52.8. The number of ether oxygens (including phenoxy) is 6. The molecule has 0 aliphatic heterocycles. The summed E-state index contributed by atoms with van der Waals surface area (Å²) in [5.74, 6) is -34.0. The molecule has 0 rings (SSSR count). The molecule has 0 heterocycles. The topological polar surface area (TPSA) is 107 Å². The molecule has 65 heavy (non-hydrogen) atoms. The highest BCUT2D eigenvalue weighted by Crippen LogP contribution is 2.69. The molecular formula is C26H12F30O9. The third-order valence-corrected chi connectivity index (χ3v) is 6.81. The van der Waals surface area contributed by atoms with Gasteiger partial charge in [-0.15, -0.1) is 0 Å². The normalized spacial score (nSPS) is 18.0. The van der Waals surface area contributed by atoms with E-state index in [9.17, 15) is 107 Å². The molecule has 39 heteroatoms. The Morgan fingerprint density at radius 3 is 0.600 bits per heavy atom. The Morgan fingerprint density at radius 1 is 0.308 bits per heavy atom. The van der Waals surface area contributed by atoms with Crippen LogP contribution in [-0.2, 0) is 42.8 Å². The lowest BCUT2D eigenvalue weighted by Gasteiger charge is -2.50. The van der Waals surface area contributed by atoms with E-state index in [4.69, 9.17) is 0 Å². The van der Waals surface area contributed by atoms with Crippen LogP contribution in [0.15, 0.2) is 36.5 Å². The molecule has 0 radical (unpaired) electrons. The molecule has 0 aromatic rings. The van der Waals surface area contributed by atoms with Gasteiger partial charge in [-0.25, -0.2) is 14.4 Å². The summed E-state index contributed by atoms with van der Waals surface area (Å²) >= 11 is 0. The van der Waals surface area contributed by atoms with Crippen molar-refractivity contribution in [3.05, 3.63) is 36.5 Å². The second-order valence-electron chi connectivity index (χ2n) is 11.4. The number of carbonyl (C=O) groups is 3.